The summed E-state index contributed by atoms with van der Waals surface area (Å²) < 4.78 is 0. The lowest BCUT2D eigenvalue weighted by molar-refractivity contribution is 1.72. The molecule has 0 bridgehead atoms. The lowest BCUT2D eigenvalue weighted by Gasteiger charge is -1.69. The average Bonchev–Trinajstić information content (AvgIpc) is 2.91. The minimum absolute atomic E-state index is 2.00. The number of benzene rings is 5. The molecule has 0 aromatic heterocycles. The van der Waals surface area contributed by atoms with Crippen LogP contribution in [0.25, 0.3) is 0 Å². The van der Waals surface area contributed by atoms with E-state index in [1.165, 1.54) is 0 Å². The van der Waals surface area contributed by atoms with Gasteiger partial charge in [-0.05, 0) is 0 Å². The Kier molecular flexibility index (Phi) is 17.2. The maximum absolute atomic E-state index is 2.00. The highest BCUT2D eigenvalue weighted by Crippen LogP contribution is 1.82. The Morgan fingerprint density at radius 3 is 0.133 bits per heavy atom. The Morgan fingerprint density at radius 2 is 0.100 bits per heavy atom. The van der Waals surface area contributed by atoms with Crippen LogP contribution in [0, 0.1) is 0 Å². The minimum Gasteiger partial charge on any atom is -0.0623 e. The molecule has 0 heterocycles. The fraction of sp³-hybridized carbons (Fsp3) is 0. The lowest BCUT2D eigenvalue weighted by Crippen LogP contribution is -1.47. The zero-order valence-corrected chi connectivity index (χ0v) is 17.3. The summed E-state index contributed by atoms with van der Waals surface area (Å²) >= 11 is 0. The Bertz CT molecular complexity index is 543. The van der Waals surface area contributed by atoms with Crippen LogP contribution in [0.5, 0.6) is 0 Å². The molecule has 0 aliphatic rings. The Hall–Kier alpha value is -3.90. The molecule has 5 aromatic carbocycles. The van der Waals surface area contributed by atoms with Crippen molar-refractivity contribution in [2.24, 2.45) is 0 Å². The van der Waals surface area contributed by atoms with Crippen molar-refractivity contribution in [3.05, 3.63) is 182 Å². The van der Waals surface area contributed by atoms with Gasteiger partial charge < -0.3 is 0 Å². The van der Waals surface area contributed by atoms with Crippen LogP contribution in [-0.2, 0) is 0 Å². The van der Waals surface area contributed by atoms with Crippen molar-refractivity contribution in [3.8, 4) is 0 Å². The molecule has 5 aromatic rings. The third kappa shape index (κ3) is 18.9. The molecule has 0 saturated heterocycles. The van der Waals surface area contributed by atoms with E-state index in [4.69, 9.17) is 0 Å². The molecule has 0 heteroatoms. The predicted molar refractivity (Wildman–Crippen MR) is 132 cm³/mol. The second kappa shape index (κ2) is 21.4. The monoisotopic (exact) mass is 390 g/mol. The van der Waals surface area contributed by atoms with E-state index in [9.17, 15) is 0 Å². The Morgan fingerprint density at radius 1 is 0.0667 bits per heavy atom. The van der Waals surface area contributed by atoms with Gasteiger partial charge in [0.1, 0.15) is 0 Å². The molecule has 0 atom stereocenters. The third-order valence-electron chi connectivity index (χ3n) is 3.33. The fourth-order valence-corrected chi connectivity index (χ4v) is 1.92. The molecule has 0 N–H and O–H groups in total. The van der Waals surface area contributed by atoms with Crippen LogP contribution < -0.4 is 0 Å². The van der Waals surface area contributed by atoms with Gasteiger partial charge in [-0.2, -0.15) is 0 Å². The number of hydrogen-bond acceptors (Lipinski definition) is 0. The molecular weight excluding hydrogens is 360 g/mol. The van der Waals surface area contributed by atoms with Crippen LogP contribution in [-0.4, -0.2) is 0 Å². The number of hydrogen-bond donors (Lipinski definition) is 0. The molecule has 0 aliphatic heterocycles. The first-order chi connectivity index (χ1) is 15.0. The molecule has 0 nitrogen and oxygen atoms in total. The average molecular weight is 391 g/mol. The van der Waals surface area contributed by atoms with Gasteiger partial charge in [0.15, 0.2) is 0 Å². The van der Waals surface area contributed by atoms with E-state index in [1.807, 2.05) is 182 Å². The fourth-order valence-electron chi connectivity index (χ4n) is 1.92. The van der Waals surface area contributed by atoms with Crippen LogP contribution >= 0.6 is 0 Å². The summed E-state index contributed by atoms with van der Waals surface area (Å²) in [6, 6.07) is 60.0. The largest absolute Gasteiger partial charge is 0.0623 e. The molecule has 0 unspecified atom stereocenters. The molecule has 0 spiro atoms. The van der Waals surface area contributed by atoms with Crippen molar-refractivity contribution in [2.75, 3.05) is 0 Å². The van der Waals surface area contributed by atoms with Crippen LogP contribution in [0.15, 0.2) is 182 Å². The molecule has 30 heavy (non-hydrogen) atoms. The maximum atomic E-state index is 2.00. The predicted octanol–water partition coefficient (Wildman–Crippen LogP) is 8.43. The smallest absolute Gasteiger partial charge is 0.0623 e. The first kappa shape index (κ1) is 24.1. The van der Waals surface area contributed by atoms with E-state index in [2.05, 4.69) is 0 Å². The van der Waals surface area contributed by atoms with Crippen LogP contribution in [0.4, 0.5) is 0 Å². The summed E-state index contributed by atoms with van der Waals surface area (Å²) in [6.45, 7) is 0. The van der Waals surface area contributed by atoms with E-state index in [0.29, 0.717) is 0 Å². The van der Waals surface area contributed by atoms with Gasteiger partial charge >= 0.3 is 0 Å². The zero-order valence-electron chi connectivity index (χ0n) is 17.3. The van der Waals surface area contributed by atoms with Crippen molar-refractivity contribution in [1.82, 2.24) is 0 Å². The van der Waals surface area contributed by atoms with Gasteiger partial charge in [-0.1, -0.05) is 182 Å². The van der Waals surface area contributed by atoms with Gasteiger partial charge in [0, 0.05) is 0 Å². The summed E-state index contributed by atoms with van der Waals surface area (Å²) in [5.74, 6) is 0. The second-order valence-electron chi connectivity index (χ2n) is 5.77. The van der Waals surface area contributed by atoms with Crippen molar-refractivity contribution < 1.29 is 0 Å². The van der Waals surface area contributed by atoms with Gasteiger partial charge in [-0.25, -0.2) is 0 Å². The van der Waals surface area contributed by atoms with Crippen molar-refractivity contribution in [2.45, 2.75) is 0 Å². The number of rotatable bonds is 0. The summed E-state index contributed by atoms with van der Waals surface area (Å²) in [5, 5.41) is 0. The highest BCUT2D eigenvalue weighted by atomic mass is 13.7. The molecule has 0 saturated carbocycles. The zero-order chi connectivity index (χ0) is 21.2. The first-order valence-electron chi connectivity index (χ1n) is 10.0. The highest BCUT2D eigenvalue weighted by molar-refractivity contribution is 5.01. The van der Waals surface area contributed by atoms with Crippen LogP contribution in [0.1, 0.15) is 0 Å². The van der Waals surface area contributed by atoms with Gasteiger partial charge in [0.2, 0.25) is 0 Å². The highest BCUT2D eigenvalue weighted by Gasteiger charge is 1.60. The standard InChI is InChI=1S/5C6H6/c5*1-2-4-6-5-3-1/h5*1-6H. The van der Waals surface area contributed by atoms with Gasteiger partial charge in [0.05, 0.1) is 0 Å². The molecule has 0 fully saturated rings. The Labute approximate surface area is 182 Å². The van der Waals surface area contributed by atoms with E-state index < -0.39 is 0 Å². The van der Waals surface area contributed by atoms with E-state index in [1.54, 1.807) is 0 Å². The summed E-state index contributed by atoms with van der Waals surface area (Å²) in [6.07, 6.45) is 0. The molecule has 150 valence electrons. The first-order valence-corrected chi connectivity index (χ1v) is 10.0. The third-order valence-corrected chi connectivity index (χ3v) is 3.33. The minimum atomic E-state index is 2.00. The van der Waals surface area contributed by atoms with Crippen molar-refractivity contribution in [3.63, 3.8) is 0 Å². The summed E-state index contributed by atoms with van der Waals surface area (Å²) in [7, 11) is 0. The van der Waals surface area contributed by atoms with E-state index in [0.717, 1.165) is 0 Å². The van der Waals surface area contributed by atoms with Crippen LogP contribution in [0.3, 0.4) is 0 Å². The molecular formula is C30H30. The second-order valence-corrected chi connectivity index (χ2v) is 5.77. The van der Waals surface area contributed by atoms with Crippen molar-refractivity contribution in [1.29, 1.82) is 0 Å². The normalized spacial score (nSPS) is 8.00. The molecule has 0 aliphatic carbocycles. The lowest BCUT2D eigenvalue weighted by atomic mass is 10.4. The molecule has 5 rings (SSSR count). The van der Waals surface area contributed by atoms with Crippen molar-refractivity contribution >= 4 is 0 Å². The van der Waals surface area contributed by atoms with E-state index >= 15 is 0 Å². The van der Waals surface area contributed by atoms with Crippen LogP contribution in [0.2, 0.25) is 0 Å². The Balaban J connectivity index is 0.000000187. The molecule has 0 radical (unpaired) electrons. The van der Waals surface area contributed by atoms with Gasteiger partial charge in [-0.3, -0.25) is 0 Å². The maximum Gasteiger partial charge on any atom is -0.0623 e. The SMILES string of the molecule is c1ccccc1.c1ccccc1.c1ccccc1.c1ccccc1.c1ccccc1. The molecule has 0 amide bonds. The summed E-state index contributed by atoms with van der Waals surface area (Å²) in [4.78, 5) is 0. The van der Waals surface area contributed by atoms with E-state index in [-0.39, 0.29) is 0 Å². The van der Waals surface area contributed by atoms with Gasteiger partial charge in [0.25, 0.3) is 0 Å². The quantitative estimate of drug-likeness (QED) is 0.249. The van der Waals surface area contributed by atoms with Gasteiger partial charge in [-0.15, -0.1) is 0 Å². The topological polar surface area (TPSA) is 0 Å². The summed E-state index contributed by atoms with van der Waals surface area (Å²) in [5.41, 5.74) is 0.